The van der Waals surface area contributed by atoms with Crippen molar-refractivity contribution in [1.82, 2.24) is 0 Å². The lowest BCUT2D eigenvalue weighted by molar-refractivity contribution is -0.139. The topological polar surface area (TPSA) is 37.3 Å². The van der Waals surface area contributed by atoms with Gasteiger partial charge in [0.25, 0.3) is 0 Å². The number of alkyl halides is 6. The van der Waals surface area contributed by atoms with Crippen molar-refractivity contribution in [3.63, 3.8) is 0 Å². The Labute approximate surface area is 162 Å². The normalized spacial score (nSPS) is 13.7. The van der Waals surface area contributed by atoms with Gasteiger partial charge in [0.2, 0.25) is 0 Å². The molecule has 0 aromatic heterocycles. The zero-order chi connectivity index (χ0) is 21.3. The van der Waals surface area contributed by atoms with Crippen molar-refractivity contribution >= 4 is 28.0 Å². The second kappa shape index (κ2) is 7.94. The molecule has 2 aromatic carbocycles. The van der Waals surface area contributed by atoms with Gasteiger partial charge in [-0.05, 0) is 41.5 Å². The number of halogens is 8. The Kier molecular flexibility index (Phi) is 6.22. The van der Waals surface area contributed by atoms with E-state index in [1.807, 2.05) is 0 Å². The van der Waals surface area contributed by atoms with Gasteiger partial charge in [-0.25, -0.2) is 9.18 Å². The molecule has 2 aromatic rings. The van der Waals surface area contributed by atoms with E-state index in [1.54, 1.807) is 0 Å². The maximum Gasteiger partial charge on any atom is 0.417 e. The number of carbonyl (C=O) groups is 1. The van der Waals surface area contributed by atoms with Crippen LogP contribution in [0.2, 0.25) is 0 Å². The number of rotatable bonds is 4. The summed E-state index contributed by atoms with van der Waals surface area (Å²) in [6.07, 6.45) is -8.49. The van der Waals surface area contributed by atoms with E-state index < -0.39 is 46.7 Å². The Morgan fingerprint density at radius 3 is 2.18 bits per heavy atom. The zero-order valence-corrected chi connectivity index (χ0v) is 15.2. The number of benzene rings is 2. The molecular weight excluding hydrogens is 461 g/mol. The van der Waals surface area contributed by atoms with Crippen LogP contribution in [0.4, 0.5) is 30.7 Å². The predicted molar refractivity (Wildman–Crippen MR) is 90.3 cm³/mol. The van der Waals surface area contributed by atoms with E-state index >= 15 is 0 Å². The van der Waals surface area contributed by atoms with Crippen LogP contribution < -0.4 is 0 Å². The Morgan fingerprint density at radius 2 is 1.68 bits per heavy atom. The van der Waals surface area contributed by atoms with E-state index in [2.05, 4.69) is 15.9 Å². The molecule has 0 aliphatic carbocycles. The summed E-state index contributed by atoms with van der Waals surface area (Å²) in [5.74, 6) is -5.02. The zero-order valence-electron chi connectivity index (χ0n) is 13.6. The monoisotopic (exact) mass is 470 g/mol. The Bertz CT molecular complexity index is 897. The lowest BCUT2D eigenvalue weighted by Crippen LogP contribution is -2.19. The molecule has 0 bridgehead atoms. The van der Waals surface area contributed by atoms with E-state index in [9.17, 15) is 35.5 Å². The number of aromatic carboxylic acids is 1. The molecule has 2 nitrogen and oxygen atoms in total. The summed E-state index contributed by atoms with van der Waals surface area (Å²) in [5, 5.41) is 8.84. The van der Waals surface area contributed by atoms with Gasteiger partial charge in [0.05, 0.1) is 17.0 Å². The first-order valence-electron chi connectivity index (χ1n) is 7.44. The second-order valence-corrected chi connectivity index (χ2v) is 6.60. The molecule has 2 rings (SSSR count). The molecule has 0 spiro atoms. The largest absolute Gasteiger partial charge is 0.478 e. The van der Waals surface area contributed by atoms with Crippen LogP contribution in [0.1, 0.15) is 33.0 Å². The van der Waals surface area contributed by atoms with Crippen LogP contribution in [0.3, 0.4) is 0 Å². The number of carboxylic acid groups (broad SMARTS) is 1. The maximum atomic E-state index is 13.4. The minimum atomic E-state index is -5.01. The summed E-state index contributed by atoms with van der Waals surface area (Å²) in [6.45, 7) is 0. The SMILES string of the molecule is O=C(O)c1ccc(/C=C/C(c2cc(F)cc(Br)c2)C(F)(F)F)cc1C(F)(F)F. The predicted octanol–water partition coefficient (Wildman–Crippen LogP) is 6.66. The van der Waals surface area contributed by atoms with Crippen molar-refractivity contribution < 1.29 is 40.6 Å². The van der Waals surface area contributed by atoms with E-state index in [0.717, 1.165) is 24.3 Å². The third-order valence-corrected chi connectivity index (χ3v) is 4.12. The highest BCUT2D eigenvalue weighted by Crippen LogP contribution is 2.38. The van der Waals surface area contributed by atoms with Crippen LogP contribution in [-0.4, -0.2) is 17.3 Å². The summed E-state index contributed by atoms with van der Waals surface area (Å²) in [4.78, 5) is 10.9. The van der Waals surface area contributed by atoms with Crippen molar-refractivity contribution in [2.24, 2.45) is 0 Å². The molecule has 1 atom stereocenters. The molecule has 0 saturated carbocycles. The molecule has 0 saturated heterocycles. The summed E-state index contributed by atoms with van der Waals surface area (Å²) in [7, 11) is 0. The molecule has 0 aliphatic heterocycles. The summed E-state index contributed by atoms with van der Waals surface area (Å²) >= 11 is 2.88. The van der Waals surface area contributed by atoms with E-state index in [0.29, 0.717) is 24.3 Å². The number of hydrogen-bond donors (Lipinski definition) is 1. The molecular formula is C18H10BrF7O2. The standard InChI is InChI=1S/C18H10BrF7O2/c19-11-6-10(7-12(20)8-11)14(17(21,22)23)4-2-9-1-3-13(16(27)28)15(5-9)18(24,25)26/h1-8,14H,(H,27,28)/b4-2+. The highest BCUT2D eigenvalue weighted by Gasteiger charge is 2.39. The third-order valence-electron chi connectivity index (χ3n) is 3.66. The van der Waals surface area contributed by atoms with Gasteiger partial charge < -0.3 is 5.11 Å². The van der Waals surface area contributed by atoms with Crippen LogP contribution >= 0.6 is 15.9 Å². The highest BCUT2D eigenvalue weighted by atomic mass is 79.9. The average molecular weight is 471 g/mol. The van der Waals surface area contributed by atoms with Crippen molar-refractivity contribution in [2.75, 3.05) is 0 Å². The number of allylic oxidation sites excluding steroid dienone is 1. The van der Waals surface area contributed by atoms with Gasteiger partial charge in [-0.2, -0.15) is 26.3 Å². The lowest BCUT2D eigenvalue weighted by Gasteiger charge is -2.18. The lowest BCUT2D eigenvalue weighted by atomic mass is 9.96. The molecule has 0 fully saturated rings. The summed E-state index contributed by atoms with van der Waals surface area (Å²) in [5.41, 5.74) is -3.25. The molecule has 0 radical (unpaired) electrons. The van der Waals surface area contributed by atoms with Gasteiger partial charge >= 0.3 is 18.3 Å². The quantitative estimate of drug-likeness (QED) is 0.507. The average Bonchev–Trinajstić information content (AvgIpc) is 2.51. The van der Waals surface area contributed by atoms with Crippen LogP contribution in [0, 0.1) is 5.82 Å². The van der Waals surface area contributed by atoms with Crippen molar-refractivity contribution in [2.45, 2.75) is 18.3 Å². The van der Waals surface area contributed by atoms with Crippen LogP contribution in [-0.2, 0) is 6.18 Å². The fraction of sp³-hybridized carbons (Fsp3) is 0.167. The van der Waals surface area contributed by atoms with Gasteiger partial charge in [-0.3, -0.25) is 0 Å². The maximum absolute atomic E-state index is 13.4. The number of carboxylic acids is 1. The molecule has 28 heavy (non-hydrogen) atoms. The number of hydrogen-bond acceptors (Lipinski definition) is 1. The van der Waals surface area contributed by atoms with Crippen molar-refractivity contribution in [3.8, 4) is 0 Å². The summed E-state index contributed by atoms with van der Waals surface area (Å²) < 4.78 is 92.6. The van der Waals surface area contributed by atoms with E-state index in [-0.39, 0.29) is 10.0 Å². The molecule has 150 valence electrons. The van der Waals surface area contributed by atoms with E-state index in [1.165, 1.54) is 0 Å². The van der Waals surface area contributed by atoms with Crippen LogP contribution in [0.15, 0.2) is 46.9 Å². The molecule has 0 amide bonds. The Hall–Kier alpha value is -2.36. The molecule has 1 unspecified atom stereocenters. The Balaban J connectivity index is 2.49. The van der Waals surface area contributed by atoms with Gasteiger partial charge in [-0.15, -0.1) is 0 Å². The van der Waals surface area contributed by atoms with E-state index in [4.69, 9.17) is 5.11 Å². The third kappa shape index (κ3) is 5.34. The first-order valence-corrected chi connectivity index (χ1v) is 8.24. The van der Waals surface area contributed by atoms with Gasteiger partial charge in [0.1, 0.15) is 5.82 Å². The molecule has 10 heteroatoms. The molecule has 0 heterocycles. The minimum absolute atomic E-state index is 0.0651. The highest BCUT2D eigenvalue weighted by molar-refractivity contribution is 9.10. The van der Waals surface area contributed by atoms with Gasteiger partial charge in [0, 0.05) is 4.47 Å². The second-order valence-electron chi connectivity index (χ2n) is 5.69. The van der Waals surface area contributed by atoms with Crippen molar-refractivity contribution in [1.29, 1.82) is 0 Å². The molecule has 0 aliphatic rings. The van der Waals surface area contributed by atoms with Crippen LogP contribution in [0.25, 0.3) is 6.08 Å². The molecule has 1 N–H and O–H groups in total. The minimum Gasteiger partial charge on any atom is -0.478 e. The van der Waals surface area contributed by atoms with Crippen molar-refractivity contribution in [3.05, 3.63) is 75.0 Å². The first kappa shape index (κ1) is 21.9. The fourth-order valence-corrected chi connectivity index (χ4v) is 2.94. The van der Waals surface area contributed by atoms with Gasteiger partial charge in [-0.1, -0.05) is 34.1 Å². The van der Waals surface area contributed by atoms with Crippen LogP contribution in [0.5, 0.6) is 0 Å². The summed E-state index contributed by atoms with van der Waals surface area (Å²) in [6, 6.07) is 4.72. The smallest absolute Gasteiger partial charge is 0.417 e. The Morgan fingerprint density at radius 1 is 1.04 bits per heavy atom. The fourth-order valence-electron chi connectivity index (χ4n) is 2.46. The first-order chi connectivity index (χ1) is 12.8. The van der Waals surface area contributed by atoms with Gasteiger partial charge in [0.15, 0.2) is 0 Å².